The topological polar surface area (TPSA) is 12.5 Å². The van der Waals surface area contributed by atoms with Crippen LogP contribution in [0.2, 0.25) is 0 Å². The van der Waals surface area contributed by atoms with Gasteiger partial charge in [-0.1, -0.05) is 26.7 Å². The number of hydrogen-bond acceptors (Lipinski definition) is 1. The summed E-state index contributed by atoms with van der Waals surface area (Å²) in [5.41, 5.74) is 0. The highest BCUT2D eigenvalue weighted by atomic mass is 16.6. The Kier molecular flexibility index (Phi) is 2.52. The number of rotatable bonds is 4. The van der Waals surface area contributed by atoms with E-state index >= 15 is 0 Å². The molecule has 1 nitrogen and oxygen atoms in total. The highest BCUT2D eigenvalue weighted by Gasteiger charge is 2.23. The summed E-state index contributed by atoms with van der Waals surface area (Å²) >= 11 is 0. The van der Waals surface area contributed by atoms with E-state index in [0.717, 1.165) is 12.5 Å². The lowest BCUT2D eigenvalue weighted by Gasteiger charge is -2.05. The van der Waals surface area contributed by atoms with Crippen LogP contribution in [0.1, 0.15) is 33.1 Å². The zero-order chi connectivity index (χ0) is 6.69. The fourth-order valence-corrected chi connectivity index (χ4v) is 1.26. The molecule has 0 aromatic rings. The first kappa shape index (κ1) is 7.07. The molecule has 1 saturated heterocycles. The van der Waals surface area contributed by atoms with E-state index in [0.29, 0.717) is 6.10 Å². The average Bonchev–Trinajstić information content (AvgIpc) is 2.50. The van der Waals surface area contributed by atoms with Crippen LogP contribution < -0.4 is 0 Å². The van der Waals surface area contributed by atoms with E-state index in [1.165, 1.54) is 19.3 Å². The molecule has 0 N–H and O–H groups in total. The molecule has 9 heavy (non-hydrogen) atoms. The smallest absolute Gasteiger partial charge is 0.0812 e. The van der Waals surface area contributed by atoms with Gasteiger partial charge < -0.3 is 4.74 Å². The second-order valence-corrected chi connectivity index (χ2v) is 3.08. The molecule has 0 aromatic carbocycles. The van der Waals surface area contributed by atoms with Crippen LogP contribution in [0.5, 0.6) is 0 Å². The summed E-state index contributed by atoms with van der Waals surface area (Å²) in [6, 6.07) is 0. The van der Waals surface area contributed by atoms with Gasteiger partial charge >= 0.3 is 0 Å². The lowest BCUT2D eigenvalue weighted by molar-refractivity contribution is 0.352. The fourth-order valence-electron chi connectivity index (χ4n) is 1.26. The molecule has 1 fully saturated rings. The molecule has 1 rings (SSSR count). The SMILES string of the molecule is CCCC(C)CC1CO1. The minimum Gasteiger partial charge on any atom is -0.373 e. The Morgan fingerprint density at radius 2 is 2.33 bits per heavy atom. The van der Waals surface area contributed by atoms with E-state index < -0.39 is 0 Å². The lowest BCUT2D eigenvalue weighted by Crippen LogP contribution is -1.98. The van der Waals surface area contributed by atoms with E-state index in [1.54, 1.807) is 0 Å². The van der Waals surface area contributed by atoms with Crippen LogP contribution in [0.3, 0.4) is 0 Å². The first-order valence-corrected chi connectivity index (χ1v) is 3.94. The molecule has 0 aromatic heterocycles. The van der Waals surface area contributed by atoms with Gasteiger partial charge in [0.25, 0.3) is 0 Å². The summed E-state index contributed by atoms with van der Waals surface area (Å²) in [6.07, 6.45) is 4.59. The van der Waals surface area contributed by atoms with Crippen LogP contribution in [-0.2, 0) is 4.74 Å². The van der Waals surface area contributed by atoms with Gasteiger partial charge in [-0.05, 0) is 12.3 Å². The van der Waals surface area contributed by atoms with Crippen LogP contribution in [0.4, 0.5) is 0 Å². The van der Waals surface area contributed by atoms with Gasteiger partial charge in [-0.25, -0.2) is 0 Å². The van der Waals surface area contributed by atoms with Gasteiger partial charge in [-0.15, -0.1) is 0 Å². The average molecular weight is 128 g/mol. The van der Waals surface area contributed by atoms with Crippen molar-refractivity contribution in [2.45, 2.75) is 39.2 Å². The molecule has 0 amide bonds. The Balaban J connectivity index is 1.95. The third kappa shape index (κ3) is 2.85. The van der Waals surface area contributed by atoms with Gasteiger partial charge in [0.15, 0.2) is 0 Å². The van der Waals surface area contributed by atoms with Gasteiger partial charge in [-0.3, -0.25) is 0 Å². The maximum Gasteiger partial charge on any atom is 0.0812 e. The first-order chi connectivity index (χ1) is 4.33. The van der Waals surface area contributed by atoms with E-state index in [-0.39, 0.29) is 0 Å². The van der Waals surface area contributed by atoms with Crippen molar-refractivity contribution in [1.82, 2.24) is 0 Å². The van der Waals surface area contributed by atoms with Crippen LogP contribution in [0.15, 0.2) is 0 Å². The van der Waals surface area contributed by atoms with Crippen LogP contribution in [0, 0.1) is 5.92 Å². The second-order valence-electron chi connectivity index (χ2n) is 3.08. The van der Waals surface area contributed by atoms with E-state index in [9.17, 15) is 0 Å². The Morgan fingerprint density at radius 1 is 1.67 bits per heavy atom. The van der Waals surface area contributed by atoms with Gasteiger partial charge in [0.05, 0.1) is 12.7 Å². The summed E-state index contributed by atoms with van der Waals surface area (Å²) in [5.74, 6) is 0.877. The second kappa shape index (κ2) is 3.21. The molecule has 0 saturated carbocycles. The molecule has 2 atom stereocenters. The molecule has 0 bridgehead atoms. The van der Waals surface area contributed by atoms with Crippen LogP contribution in [0.25, 0.3) is 0 Å². The van der Waals surface area contributed by atoms with Gasteiger partial charge in [0.1, 0.15) is 0 Å². The predicted molar refractivity (Wildman–Crippen MR) is 38.4 cm³/mol. The summed E-state index contributed by atoms with van der Waals surface area (Å²) < 4.78 is 5.13. The van der Waals surface area contributed by atoms with E-state index in [1.807, 2.05) is 0 Å². The molecule has 1 heteroatoms. The molecule has 1 aliphatic rings. The minimum absolute atomic E-state index is 0.631. The number of hydrogen-bond donors (Lipinski definition) is 0. The largest absolute Gasteiger partial charge is 0.373 e. The van der Waals surface area contributed by atoms with E-state index in [2.05, 4.69) is 13.8 Å². The van der Waals surface area contributed by atoms with Crippen molar-refractivity contribution in [1.29, 1.82) is 0 Å². The normalized spacial score (nSPS) is 28.0. The van der Waals surface area contributed by atoms with Crippen molar-refractivity contribution in [3.05, 3.63) is 0 Å². The zero-order valence-electron chi connectivity index (χ0n) is 6.39. The first-order valence-electron chi connectivity index (χ1n) is 3.94. The third-order valence-corrected chi connectivity index (χ3v) is 1.85. The third-order valence-electron chi connectivity index (χ3n) is 1.85. The Labute approximate surface area is 57.4 Å². The number of ether oxygens (including phenoxy) is 1. The van der Waals surface area contributed by atoms with E-state index in [4.69, 9.17) is 4.74 Å². The van der Waals surface area contributed by atoms with Crippen molar-refractivity contribution in [2.24, 2.45) is 5.92 Å². The molecule has 1 heterocycles. The van der Waals surface area contributed by atoms with Crippen molar-refractivity contribution in [3.63, 3.8) is 0 Å². The van der Waals surface area contributed by atoms with Crippen molar-refractivity contribution < 1.29 is 4.74 Å². The Morgan fingerprint density at radius 3 is 2.78 bits per heavy atom. The zero-order valence-corrected chi connectivity index (χ0v) is 6.39. The van der Waals surface area contributed by atoms with Gasteiger partial charge in [0.2, 0.25) is 0 Å². The molecule has 1 aliphatic heterocycles. The summed E-state index contributed by atoms with van der Waals surface area (Å²) in [5, 5.41) is 0. The molecule has 0 aliphatic carbocycles. The summed E-state index contributed by atoms with van der Waals surface area (Å²) in [4.78, 5) is 0. The molecule has 54 valence electrons. The van der Waals surface area contributed by atoms with Crippen molar-refractivity contribution >= 4 is 0 Å². The lowest BCUT2D eigenvalue weighted by atomic mass is 10.0. The molecular formula is C8H16O. The molecule has 0 radical (unpaired) electrons. The minimum atomic E-state index is 0.631. The van der Waals surface area contributed by atoms with Gasteiger partial charge in [0, 0.05) is 0 Å². The highest BCUT2D eigenvalue weighted by molar-refractivity contribution is 4.71. The fraction of sp³-hybridized carbons (Fsp3) is 1.00. The Hall–Kier alpha value is -0.0400. The monoisotopic (exact) mass is 128 g/mol. The molecule has 0 spiro atoms. The Bertz CT molecular complexity index is 76.6. The van der Waals surface area contributed by atoms with Crippen LogP contribution >= 0.6 is 0 Å². The standard InChI is InChI=1S/C8H16O/c1-3-4-7(2)5-8-6-9-8/h7-8H,3-6H2,1-2H3. The number of epoxide rings is 1. The summed E-state index contributed by atoms with van der Waals surface area (Å²) in [7, 11) is 0. The summed E-state index contributed by atoms with van der Waals surface area (Å²) in [6.45, 7) is 5.57. The highest BCUT2D eigenvalue weighted by Crippen LogP contribution is 2.21. The maximum absolute atomic E-state index is 5.13. The van der Waals surface area contributed by atoms with Crippen molar-refractivity contribution in [2.75, 3.05) is 6.61 Å². The van der Waals surface area contributed by atoms with Crippen LogP contribution in [-0.4, -0.2) is 12.7 Å². The van der Waals surface area contributed by atoms with Crippen molar-refractivity contribution in [3.8, 4) is 0 Å². The predicted octanol–water partition coefficient (Wildman–Crippen LogP) is 2.21. The van der Waals surface area contributed by atoms with Gasteiger partial charge in [-0.2, -0.15) is 0 Å². The molecule has 2 unspecified atom stereocenters. The maximum atomic E-state index is 5.13. The molecular weight excluding hydrogens is 112 g/mol. The quantitative estimate of drug-likeness (QED) is 0.529.